The predicted octanol–water partition coefficient (Wildman–Crippen LogP) is 1.15. The summed E-state index contributed by atoms with van der Waals surface area (Å²) in [6.45, 7) is 1.99. The molecule has 100 valence electrons. The zero-order valence-corrected chi connectivity index (χ0v) is 10.9. The standard InChI is InChI=1S/C12H23NO4/c1-4-6-10(12(16)13(2)17-3)9-11(15)7-5-8-14/h8,10-11,15H,4-7,9H2,1-3H3/t10?,11-/m1/s1. The molecule has 2 atom stereocenters. The van der Waals surface area contributed by atoms with Crippen molar-refractivity contribution in [2.75, 3.05) is 14.2 Å². The van der Waals surface area contributed by atoms with Crippen molar-refractivity contribution >= 4 is 12.2 Å². The van der Waals surface area contributed by atoms with Gasteiger partial charge in [-0.15, -0.1) is 0 Å². The highest BCUT2D eigenvalue weighted by Gasteiger charge is 2.24. The largest absolute Gasteiger partial charge is 0.393 e. The molecule has 0 fully saturated rings. The third kappa shape index (κ3) is 6.38. The van der Waals surface area contributed by atoms with Crippen LogP contribution in [0.2, 0.25) is 0 Å². The molecule has 1 amide bonds. The molecule has 5 nitrogen and oxygen atoms in total. The first kappa shape index (κ1) is 16.1. The molecule has 5 heteroatoms. The summed E-state index contributed by atoms with van der Waals surface area (Å²) in [4.78, 5) is 26.9. The van der Waals surface area contributed by atoms with Crippen molar-refractivity contribution in [3.63, 3.8) is 0 Å². The van der Waals surface area contributed by atoms with Gasteiger partial charge in [0.05, 0.1) is 13.2 Å². The molecule has 17 heavy (non-hydrogen) atoms. The number of aliphatic hydroxyl groups is 1. The van der Waals surface area contributed by atoms with E-state index in [2.05, 4.69) is 0 Å². The molecule has 0 aromatic carbocycles. The van der Waals surface area contributed by atoms with Crippen molar-refractivity contribution in [1.82, 2.24) is 5.06 Å². The first-order chi connectivity index (χ1) is 8.06. The molecular formula is C12H23NO4. The van der Waals surface area contributed by atoms with Gasteiger partial charge in [0.25, 0.3) is 0 Å². The van der Waals surface area contributed by atoms with E-state index >= 15 is 0 Å². The minimum atomic E-state index is -0.606. The van der Waals surface area contributed by atoms with Gasteiger partial charge in [0, 0.05) is 19.4 Å². The minimum absolute atomic E-state index is 0.125. The average Bonchev–Trinajstić information content (AvgIpc) is 2.33. The molecule has 1 unspecified atom stereocenters. The Balaban J connectivity index is 4.31. The van der Waals surface area contributed by atoms with Crippen molar-refractivity contribution in [3.05, 3.63) is 0 Å². The fraction of sp³-hybridized carbons (Fsp3) is 0.833. The summed E-state index contributed by atoms with van der Waals surface area (Å²) >= 11 is 0. The highest BCUT2D eigenvalue weighted by atomic mass is 16.7. The second-order valence-corrected chi connectivity index (χ2v) is 4.14. The number of aldehydes is 1. The molecule has 0 heterocycles. The highest BCUT2D eigenvalue weighted by Crippen LogP contribution is 2.18. The van der Waals surface area contributed by atoms with Gasteiger partial charge < -0.3 is 9.90 Å². The lowest BCUT2D eigenvalue weighted by atomic mass is 9.94. The van der Waals surface area contributed by atoms with Crippen LogP contribution in [0, 0.1) is 5.92 Å². The van der Waals surface area contributed by atoms with Gasteiger partial charge in [-0.3, -0.25) is 9.63 Å². The molecule has 0 aliphatic rings. The van der Waals surface area contributed by atoms with Crippen molar-refractivity contribution in [2.24, 2.45) is 5.92 Å². The molecular weight excluding hydrogens is 222 g/mol. The van der Waals surface area contributed by atoms with Gasteiger partial charge in [-0.25, -0.2) is 5.06 Å². The third-order valence-electron chi connectivity index (χ3n) is 2.74. The topological polar surface area (TPSA) is 66.8 Å². The monoisotopic (exact) mass is 245 g/mol. The summed E-state index contributed by atoms with van der Waals surface area (Å²) in [7, 11) is 2.99. The van der Waals surface area contributed by atoms with Crippen molar-refractivity contribution in [2.45, 2.75) is 45.1 Å². The molecule has 0 aromatic heterocycles. The van der Waals surface area contributed by atoms with Crippen LogP contribution in [-0.4, -0.2) is 42.6 Å². The fourth-order valence-corrected chi connectivity index (χ4v) is 1.74. The van der Waals surface area contributed by atoms with Gasteiger partial charge in [-0.2, -0.15) is 0 Å². The zero-order chi connectivity index (χ0) is 13.3. The second-order valence-electron chi connectivity index (χ2n) is 4.14. The van der Waals surface area contributed by atoms with Gasteiger partial charge in [0.2, 0.25) is 5.91 Å². The maximum absolute atomic E-state index is 11.9. The Morgan fingerprint density at radius 3 is 2.59 bits per heavy atom. The minimum Gasteiger partial charge on any atom is -0.393 e. The highest BCUT2D eigenvalue weighted by molar-refractivity contribution is 5.77. The molecule has 0 aliphatic heterocycles. The van der Waals surface area contributed by atoms with E-state index in [-0.39, 0.29) is 11.8 Å². The van der Waals surface area contributed by atoms with E-state index in [1.165, 1.54) is 12.2 Å². The smallest absolute Gasteiger partial charge is 0.249 e. The Morgan fingerprint density at radius 2 is 2.12 bits per heavy atom. The van der Waals surface area contributed by atoms with E-state index < -0.39 is 6.10 Å². The Morgan fingerprint density at radius 1 is 1.47 bits per heavy atom. The number of hydrogen-bond acceptors (Lipinski definition) is 4. The Bertz CT molecular complexity index is 233. The molecule has 0 radical (unpaired) electrons. The van der Waals surface area contributed by atoms with E-state index in [1.807, 2.05) is 6.92 Å². The van der Waals surface area contributed by atoms with Gasteiger partial charge in [0.1, 0.15) is 6.29 Å². The number of carbonyl (C=O) groups excluding carboxylic acids is 2. The van der Waals surface area contributed by atoms with E-state index in [0.717, 1.165) is 12.7 Å². The van der Waals surface area contributed by atoms with E-state index in [1.54, 1.807) is 7.05 Å². The average molecular weight is 245 g/mol. The Kier molecular flexibility index (Phi) is 8.62. The van der Waals surface area contributed by atoms with Gasteiger partial charge >= 0.3 is 0 Å². The number of amides is 1. The number of hydrogen-bond donors (Lipinski definition) is 1. The molecule has 0 aliphatic carbocycles. The lowest BCUT2D eigenvalue weighted by Crippen LogP contribution is -2.34. The number of rotatable bonds is 9. The summed E-state index contributed by atoms with van der Waals surface area (Å²) in [6, 6.07) is 0. The van der Waals surface area contributed by atoms with E-state index in [0.29, 0.717) is 25.7 Å². The van der Waals surface area contributed by atoms with Crippen LogP contribution in [0.3, 0.4) is 0 Å². The molecule has 0 spiro atoms. The quantitative estimate of drug-likeness (QED) is 0.489. The Hall–Kier alpha value is -0.940. The maximum Gasteiger partial charge on any atom is 0.249 e. The lowest BCUT2D eigenvalue weighted by molar-refractivity contribution is -0.174. The van der Waals surface area contributed by atoms with E-state index in [4.69, 9.17) is 4.84 Å². The maximum atomic E-state index is 11.9. The van der Waals surface area contributed by atoms with Crippen LogP contribution < -0.4 is 0 Å². The number of hydroxylamine groups is 2. The number of carbonyl (C=O) groups is 2. The van der Waals surface area contributed by atoms with Crippen LogP contribution in [0.5, 0.6) is 0 Å². The van der Waals surface area contributed by atoms with Crippen LogP contribution >= 0.6 is 0 Å². The summed E-state index contributed by atoms with van der Waals surface area (Å²) in [5.74, 6) is -0.369. The first-order valence-corrected chi connectivity index (χ1v) is 6.00. The molecule has 0 saturated heterocycles. The first-order valence-electron chi connectivity index (χ1n) is 6.00. The fourth-order valence-electron chi connectivity index (χ4n) is 1.74. The normalized spacial score (nSPS) is 14.1. The summed E-state index contributed by atoms with van der Waals surface area (Å²) < 4.78 is 0. The molecule has 0 saturated carbocycles. The van der Waals surface area contributed by atoms with Crippen molar-refractivity contribution < 1.29 is 19.5 Å². The summed E-state index contributed by atoms with van der Waals surface area (Å²) in [5, 5.41) is 10.9. The second kappa shape index (κ2) is 9.13. The molecule has 1 N–H and O–H groups in total. The van der Waals surface area contributed by atoms with E-state index in [9.17, 15) is 14.7 Å². The third-order valence-corrected chi connectivity index (χ3v) is 2.74. The molecule has 0 rings (SSSR count). The van der Waals surface area contributed by atoms with Gasteiger partial charge in [0.15, 0.2) is 0 Å². The number of nitrogens with zero attached hydrogens (tertiary/aromatic N) is 1. The molecule has 0 bridgehead atoms. The number of aliphatic hydroxyl groups excluding tert-OH is 1. The summed E-state index contributed by atoms with van der Waals surface area (Å²) in [5.41, 5.74) is 0. The van der Waals surface area contributed by atoms with Crippen molar-refractivity contribution in [3.8, 4) is 0 Å². The zero-order valence-electron chi connectivity index (χ0n) is 10.9. The van der Waals surface area contributed by atoms with Crippen molar-refractivity contribution in [1.29, 1.82) is 0 Å². The molecule has 0 aromatic rings. The van der Waals surface area contributed by atoms with Crippen LogP contribution in [0.15, 0.2) is 0 Å². The van der Waals surface area contributed by atoms with Gasteiger partial charge in [-0.1, -0.05) is 13.3 Å². The van der Waals surface area contributed by atoms with Gasteiger partial charge in [-0.05, 0) is 19.3 Å². The summed E-state index contributed by atoms with van der Waals surface area (Å²) in [6.07, 6.45) is 2.88. The lowest BCUT2D eigenvalue weighted by Gasteiger charge is -2.23. The SMILES string of the molecule is CCCC(C[C@H](O)CCC=O)C(=O)N(C)OC. The van der Waals surface area contributed by atoms with Crippen LogP contribution in [0.1, 0.15) is 39.0 Å². The predicted molar refractivity (Wildman–Crippen MR) is 64.1 cm³/mol. The Labute approximate surface area is 103 Å². The van der Waals surface area contributed by atoms with Crippen LogP contribution in [0.4, 0.5) is 0 Å². The van der Waals surface area contributed by atoms with Crippen LogP contribution in [0.25, 0.3) is 0 Å². The van der Waals surface area contributed by atoms with Crippen LogP contribution in [-0.2, 0) is 14.4 Å².